The summed E-state index contributed by atoms with van der Waals surface area (Å²) in [5.41, 5.74) is 0. The number of rotatable bonds is 0. The van der Waals surface area contributed by atoms with Crippen molar-refractivity contribution in [2.45, 2.75) is 0 Å². The molecule has 0 unspecified atom stereocenters. The molecule has 0 atom stereocenters. The molecule has 2 N–H and O–H groups in total. The van der Waals surface area contributed by atoms with Crippen LogP contribution in [0.3, 0.4) is 0 Å². The molecule has 0 aromatic carbocycles. The van der Waals surface area contributed by atoms with E-state index < -0.39 is 7.40 Å². The predicted molar refractivity (Wildman–Crippen MR) is 27.3 cm³/mol. The molecule has 0 amide bonds. The standard InChI is InChI=1S/BFH2O2.Mg.Sr.4H/c2-1(3)4;;;;;;/h3-4H;;;;;;/q;2*+2;4*-1. The van der Waals surface area contributed by atoms with Crippen molar-refractivity contribution in [3.8, 4) is 0 Å². The Hall–Kier alpha value is 2.16. The first kappa shape index (κ1) is 15.7. The van der Waals surface area contributed by atoms with Crippen molar-refractivity contribution in [1.29, 1.82) is 0 Å². The topological polar surface area (TPSA) is 40.5 Å². The van der Waals surface area contributed by atoms with Crippen LogP contribution < -0.4 is 0 Å². The van der Waals surface area contributed by atoms with E-state index in [4.69, 9.17) is 10.0 Å². The van der Waals surface area contributed by atoms with Crippen molar-refractivity contribution in [1.82, 2.24) is 0 Å². The van der Waals surface area contributed by atoms with Crippen LogP contribution in [0.2, 0.25) is 0 Å². The maximum Gasteiger partial charge on any atom is 2.00 e. The fourth-order valence-corrected chi connectivity index (χ4v) is 0. The van der Waals surface area contributed by atoms with Crippen LogP contribution in [0.4, 0.5) is 4.32 Å². The van der Waals surface area contributed by atoms with Crippen molar-refractivity contribution in [3.63, 3.8) is 0 Å². The largest absolute Gasteiger partial charge is 2.00 e. The fraction of sp³-hybridized carbons (Fsp3) is 0. The molecule has 0 spiro atoms. The monoisotopic (exact) mass is 180 g/mol. The minimum absolute atomic E-state index is 0. The van der Waals surface area contributed by atoms with Gasteiger partial charge in [-0.1, -0.05) is 0 Å². The number of halogens is 1. The first-order chi connectivity index (χ1) is 1.73. The van der Waals surface area contributed by atoms with Gasteiger partial charge in [0.2, 0.25) is 0 Å². The predicted octanol–water partition coefficient (Wildman–Crippen LogP) is -1.39. The van der Waals surface area contributed by atoms with E-state index in [1.165, 1.54) is 0 Å². The summed E-state index contributed by atoms with van der Waals surface area (Å²) < 4.78 is 10.1. The summed E-state index contributed by atoms with van der Waals surface area (Å²) in [7, 11) is -2.67. The van der Waals surface area contributed by atoms with E-state index in [2.05, 4.69) is 0 Å². The van der Waals surface area contributed by atoms with Crippen LogP contribution in [0.15, 0.2) is 0 Å². The van der Waals surface area contributed by atoms with Crippen LogP contribution >= 0.6 is 0 Å². The Balaban J connectivity index is -0.00000000300. The molecule has 2 nitrogen and oxygen atoms in total. The molecule has 0 radical (unpaired) electrons. The van der Waals surface area contributed by atoms with Crippen LogP contribution in [0.5, 0.6) is 0 Å². The SMILES string of the molecule is OB(O)F.[H-].[H-].[H-].[H-].[Mg+2].[Sr+2]. The van der Waals surface area contributed by atoms with Crippen LogP contribution in [0, 0.1) is 0 Å². The quantitative estimate of drug-likeness (QED) is 0.450. The summed E-state index contributed by atoms with van der Waals surface area (Å²) in [5.74, 6) is 0. The maximum atomic E-state index is 10.1. The summed E-state index contributed by atoms with van der Waals surface area (Å²) in [6.07, 6.45) is 0. The molecule has 0 saturated carbocycles. The Labute approximate surface area is 94.7 Å². The van der Waals surface area contributed by atoms with E-state index in [1.54, 1.807) is 0 Å². The fourth-order valence-electron chi connectivity index (χ4n) is 0. The smallest absolute Gasteiger partial charge is 1.00 e. The second-order valence-corrected chi connectivity index (χ2v) is 0.311. The van der Waals surface area contributed by atoms with Crippen LogP contribution in [0.1, 0.15) is 5.71 Å². The maximum absolute atomic E-state index is 10.1. The number of hydrogen-bond donors (Lipinski definition) is 2. The normalized spacial score (nSPS) is 4.50. The first-order valence-electron chi connectivity index (χ1n) is 0.735. The van der Waals surface area contributed by atoms with Gasteiger partial charge >= 0.3 is 75.9 Å². The third-order valence-electron chi connectivity index (χ3n) is 0. The molecule has 0 rings (SSSR count). The Morgan fingerprint density at radius 2 is 1.50 bits per heavy atom. The van der Waals surface area contributed by atoms with Crippen molar-refractivity contribution >= 4 is 75.9 Å². The van der Waals surface area contributed by atoms with Gasteiger partial charge in [0.25, 0.3) is 0 Å². The third-order valence-corrected chi connectivity index (χ3v) is 0. The minimum Gasteiger partial charge on any atom is -1.00 e. The molecule has 0 saturated heterocycles. The van der Waals surface area contributed by atoms with Crippen molar-refractivity contribution < 1.29 is 20.1 Å². The molecule has 0 bridgehead atoms. The zero-order valence-electron chi connectivity index (χ0n) is 7.26. The Morgan fingerprint density at radius 3 is 1.50 bits per heavy atom. The second kappa shape index (κ2) is 10.2. The zero-order valence-corrected chi connectivity index (χ0v) is 8.15. The van der Waals surface area contributed by atoms with Gasteiger partial charge in [0, 0.05) is 0 Å². The van der Waals surface area contributed by atoms with Gasteiger partial charge in [-0.05, 0) is 0 Å². The molecule has 0 aliphatic carbocycles. The van der Waals surface area contributed by atoms with Gasteiger partial charge in [-0.25, -0.2) is 0 Å². The molecule has 0 aliphatic rings. The number of hydrogen-bond acceptors (Lipinski definition) is 2. The Bertz CT molecular complexity index is 28.0. The second-order valence-electron chi connectivity index (χ2n) is 0.311. The average Bonchev–Trinajstić information content (AvgIpc) is 0.811. The van der Waals surface area contributed by atoms with Crippen LogP contribution in [-0.4, -0.2) is 86.0 Å². The van der Waals surface area contributed by atoms with Crippen molar-refractivity contribution in [2.75, 3.05) is 0 Å². The van der Waals surface area contributed by atoms with Crippen molar-refractivity contribution in [3.05, 3.63) is 0 Å². The van der Waals surface area contributed by atoms with E-state index in [1.807, 2.05) is 0 Å². The molecule has 0 aliphatic heterocycles. The van der Waals surface area contributed by atoms with Gasteiger partial charge < -0.3 is 15.8 Å². The first-order valence-corrected chi connectivity index (χ1v) is 0.735. The molecular weight excluding hydrogens is 174 g/mol. The zero-order chi connectivity index (χ0) is 3.58. The molecule has 6 heavy (non-hydrogen) atoms. The Kier molecular flexibility index (Phi) is 26.7. The molecule has 6 heteroatoms. The van der Waals surface area contributed by atoms with Gasteiger partial charge in [-0.3, -0.25) is 4.32 Å². The van der Waals surface area contributed by atoms with E-state index in [9.17, 15) is 4.32 Å². The van der Waals surface area contributed by atoms with E-state index in [0.29, 0.717) is 0 Å². The molecular formula is H6BFMgO2Sr. The van der Waals surface area contributed by atoms with Gasteiger partial charge in [0.1, 0.15) is 0 Å². The van der Waals surface area contributed by atoms with Gasteiger partial charge in [0.15, 0.2) is 0 Å². The molecule has 32 valence electrons. The summed E-state index contributed by atoms with van der Waals surface area (Å²) in [6, 6.07) is 0. The average molecular weight is 180 g/mol. The summed E-state index contributed by atoms with van der Waals surface area (Å²) in [4.78, 5) is 0. The molecule has 0 aromatic rings. The molecule has 0 heterocycles. The summed E-state index contributed by atoms with van der Waals surface area (Å²) in [6.45, 7) is 0. The van der Waals surface area contributed by atoms with Crippen LogP contribution in [-0.2, 0) is 0 Å². The molecule has 0 aromatic heterocycles. The summed E-state index contributed by atoms with van der Waals surface area (Å²) in [5, 5.41) is 13.9. The van der Waals surface area contributed by atoms with Crippen LogP contribution in [0.25, 0.3) is 0 Å². The van der Waals surface area contributed by atoms with Gasteiger partial charge in [-0.2, -0.15) is 0 Å². The van der Waals surface area contributed by atoms with Gasteiger partial charge in [-0.15, -0.1) is 0 Å². The van der Waals surface area contributed by atoms with Gasteiger partial charge in [0.05, 0.1) is 0 Å². The minimum atomic E-state index is -2.67. The Morgan fingerprint density at radius 1 is 1.50 bits per heavy atom. The van der Waals surface area contributed by atoms with E-state index in [0.717, 1.165) is 0 Å². The van der Waals surface area contributed by atoms with E-state index >= 15 is 0 Å². The van der Waals surface area contributed by atoms with E-state index in [-0.39, 0.29) is 74.2 Å². The molecule has 0 fully saturated rings. The summed E-state index contributed by atoms with van der Waals surface area (Å²) >= 11 is 0. The van der Waals surface area contributed by atoms with Crippen molar-refractivity contribution in [2.24, 2.45) is 0 Å². The third kappa shape index (κ3) is 35.1.